The summed E-state index contributed by atoms with van der Waals surface area (Å²) >= 11 is 0. The van der Waals surface area contributed by atoms with E-state index in [0.717, 1.165) is 25.9 Å². The number of halogens is 3. The summed E-state index contributed by atoms with van der Waals surface area (Å²) < 4.78 is 40.8. The third-order valence-electron chi connectivity index (χ3n) is 4.66. The maximum absolute atomic E-state index is 12.4. The first-order valence-electron chi connectivity index (χ1n) is 8.54. The Hall–Kier alpha value is -1.76. The molecule has 1 aromatic rings. The molecule has 0 radical (unpaired) electrons. The van der Waals surface area contributed by atoms with Gasteiger partial charge in [-0.05, 0) is 55.5 Å². The molecule has 7 heteroatoms. The largest absolute Gasteiger partial charge is 0.573 e. The van der Waals surface area contributed by atoms with Crippen molar-refractivity contribution in [3.05, 3.63) is 29.8 Å². The first-order valence-corrected chi connectivity index (χ1v) is 8.54. The molecule has 2 rings (SSSR count). The van der Waals surface area contributed by atoms with Crippen molar-refractivity contribution in [3.63, 3.8) is 0 Å². The molecule has 0 saturated carbocycles. The minimum Gasteiger partial charge on any atom is -0.406 e. The second kappa shape index (κ2) is 8.56. The van der Waals surface area contributed by atoms with E-state index in [1.807, 2.05) is 0 Å². The summed E-state index contributed by atoms with van der Waals surface area (Å²) in [5.41, 5.74) is 0.604. The highest BCUT2D eigenvalue weighted by Crippen LogP contribution is 2.26. The number of piperidine rings is 1. The Labute approximate surface area is 146 Å². The average Bonchev–Trinajstić information content (AvgIpc) is 2.54. The molecule has 1 N–H and O–H groups in total. The average molecular weight is 358 g/mol. The molecule has 1 fully saturated rings. The third kappa shape index (κ3) is 6.57. The molecule has 0 aromatic heterocycles. The number of carbonyl (C=O) groups excluding carboxylic acids is 1. The molecule has 140 valence electrons. The fourth-order valence-corrected chi connectivity index (χ4v) is 3.21. The Bertz CT molecular complexity index is 572. The van der Waals surface area contributed by atoms with Gasteiger partial charge in [-0.15, -0.1) is 13.2 Å². The predicted molar refractivity (Wildman–Crippen MR) is 89.0 cm³/mol. The van der Waals surface area contributed by atoms with Crippen molar-refractivity contribution in [1.29, 1.82) is 0 Å². The molecule has 0 spiro atoms. The Balaban J connectivity index is 1.88. The smallest absolute Gasteiger partial charge is 0.406 e. The molecule has 0 bridgehead atoms. The number of benzene rings is 1. The zero-order valence-corrected chi connectivity index (χ0v) is 14.6. The minimum atomic E-state index is -4.72. The van der Waals surface area contributed by atoms with Gasteiger partial charge in [-0.25, -0.2) is 0 Å². The van der Waals surface area contributed by atoms with Crippen LogP contribution in [0.5, 0.6) is 5.75 Å². The number of amides is 1. The van der Waals surface area contributed by atoms with Gasteiger partial charge in [0.05, 0.1) is 0 Å². The summed E-state index contributed by atoms with van der Waals surface area (Å²) in [4.78, 5) is 14.0. The van der Waals surface area contributed by atoms with E-state index in [0.29, 0.717) is 23.8 Å². The number of ether oxygens (including phenoxy) is 1. The van der Waals surface area contributed by atoms with E-state index in [1.165, 1.54) is 18.2 Å². The van der Waals surface area contributed by atoms with Gasteiger partial charge < -0.3 is 15.0 Å². The summed E-state index contributed by atoms with van der Waals surface area (Å²) in [6.45, 7) is 4.34. The molecular formula is C18H25F3N2O2. The molecule has 1 atom stereocenters. The Kier molecular flexibility index (Phi) is 6.70. The van der Waals surface area contributed by atoms with Crippen LogP contribution in [0, 0.1) is 11.8 Å². The summed E-state index contributed by atoms with van der Waals surface area (Å²) in [6.07, 6.45) is -2.10. The topological polar surface area (TPSA) is 41.6 Å². The van der Waals surface area contributed by atoms with Crippen LogP contribution < -0.4 is 10.1 Å². The van der Waals surface area contributed by atoms with Crippen LogP contribution in [0.4, 0.5) is 13.2 Å². The van der Waals surface area contributed by atoms with Crippen molar-refractivity contribution in [1.82, 2.24) is 10.2 Å². The number of nitrogens with zero attached hydrogens (tertiary/aromatic N) is 1. The van der Waals surface area contributed by atoms with Gasteiger partial charge in [-0.1, -0.05) is 19.1 Å². The van der Waals surface area contributed by atoms with Gasteiger partial charge in [0.2, 0.25) is 5.91 Å². The number of hydrogen-bond donors (Lipinski definition) is 1. The van der Waals surface area contributed by atoms with Crippen molar-refractivity contribution < 1.29 is 22.7 Å². The van der Waals surface area contributed by atoms with Crippen LogP contribution in [-0.2, 0) is 11.3 Å². The molecule has 4 nitrogen and oxygen atoms in total. The van der Waals surface area contributed by atoms with E-state index in [2.05, 4.69) is 17.0 Å². The normalized spacial score (nSPS) is 17.2. The van der Waals surface area contributed by atoms with E-state index in [9.17, 15) is 18.0 Å². The van der Waals surface area contributed by atoms with Crippen LogP contribution in [0.2, 0.25) is 0 Å². The van der Waals surface area contributed by atoms with E-state index in [-0.39, 0.29) is 18.2 Å². The number of alkyl halides is 3. The molecule has 0 aliphatic carbocycles. The lowest BCUT2D eigenvalue weighted by molar-refractivity contribution is -0.274. The Morgan fingerprint density at radius 1 is 1.36 bits per heavy atom. The molecule has 1 aliphatic rings. The fourth-order valence-electron chi connectivity index (χ4n) is 3.21. The summed E-state index contributed by atoms with van der Waals surface area (Å²) in [7, 11) is 1.68. The van der Waals surface area contributed by atoms with E-state index >= 15 is 0 Å². The van der Waals surface area contributed by atoms with Crippen LogP contribution in [-0.4, -0.2) is 37.3 Å². The van der Waals surface area contributed by atoms with Crippen molar-refractivity contribution in [3.8, 4) is 5.75 Å². The molecule has 1 heterocycles. The molecule has 1 aliphatic heterocycles. The van der Waals surface area contributed by atoms with E-state index in [4.69, 9.17) is 0 Å². The fraction of sp³-hybridized carbons (Fsp3) is 0.611. The maximum atomic E-state index is 12.4. The lowest BCUT2D eigenvalue weighted by Crippen LogP contribution is -2.34. The summed E-state index contributed by atoms with van der Waals surface area (Å²) in [5.74, 6) is 0.584. The maximum Gasteiger partial charge on any atom is 0.573 e. The van der Waals surface area contributed by atoms with E-state index in [1.54, 1.807) is 18.0 Å². The van der Waals surface area contributed by atoms with Gasteiger partial charge in [0, 0.05) is 20.0 Å². The number of rotatable bonds is 6. The van der Waals surface area contributed by atoms with Gasteiger partial charge in [-0.3, -0.25) is 4.79 Å². The van der Waals surface area contributed by atoms with Crippen molar-refractivity contribution in [2.75, 3.05) is 20.1 Å². The number of carbonyl (C=O) groups is 1. The lowest BCUT2D eigenvalue weighted by Gasteiger charge is -2.29. The molecule has 25 heavy (non-hydrogen) atoms. The summed E-state index contributed by atoms with van der Waals surface area (Å²) in [5, 5.41) is 3.31. The first-order chi connectivity index (χ1) is 11.7. The van der Waals surface area contributed by atoms with Crippen LogP contribution in [0.1, 0.15) is 31.7 Å². The monoisotopic (exact) mass is 358 g/mol. The van der Waals surface area contributed by atoms with Gasteiger partial charge in [0.25, 0.3) is 0 Å². The van der Waals surface area contributed by atoms with Gasteiger partial charge in [0.15, 0.2) is 0 Å². The molecule has 1 amide bonds. The molecule has 1 saturated heterocycles. The highest BCUT2D eigenvalue weighted by atomic mass is 19.4. The highest BCUT2D eigenvalue weighted by molar-refractivity contribution is 5.76. The zero-order valence-electron chi connectivity index (χ0n) is 14.6. The number of nitrogens with one attached hydrogen (secondary N) is 1. The Morgan fingerprint density at radius 2 is 2.04 bits per heavy atom. The lowest BCUT2D eigenvalue weighted by atomic mass is 9.84. The third-order valence-corrected chi connectivity index (χ3v) is 4.66. The quantitative estimate of drug-likeness (QED) is 0.845. The number of hydrogen-bond acceptors (Lipinski definition) is 3. The zero-order chi connectivity index (χ0) is 18.4. The standard InChI is InChI=1S/C18H25F3N2O2/c1-13(15-6-8-22-9-7-15)10-17(24)23(2)12-14-4-3-5-16(11-14)25-18(19,20)21/h3-5,11,13,15,22H,6-10,12H2,1-2H3. The van der Waals surface area contributed by atoms with Crippen molar-refractivity contribution in [2.45, 2.75) is 39.1 Å². The van der Waals surface area contributed by atoms with Gasteiger partial charge in [0.1, 0.15) is 5.75 Å². The van der Waals surface area contributed by atoms with Gasteiger partial charge >= 0.3 is 6.36 Å². The molecule has 1 unspecified atom stereocenters. The van der Waals surface area contributed by atoms with Gasteiger partial charge in [-0.2, -0.15) is 0 Å². The van der Waals surface area contributed by atoms with Crippen molar-refractivity contribution in [2.24, 2.45) is 11.8 Å². The molecule has 1 aromatic carbocycles. The van der Waals surface area contributed by atoms with E-state index < -0.39 is 6.36 Å². The van der Waals surface area contributed by atoms with Crippen LogP contribution in [0.3, 0.4) is 0 Å². The van der Waals surface area contributed by atoms with Crippen LogP contribution in [0.15, 0.2) is 24.3 Å². The van der Waals surface area contributed by atoms with Crippen LogP contribution >= 0.6 is 0 Å². The summed E-state index contributed by atoms with van der Waals surface area (Å²) in [6, 6.07) is 5.74. The minimum absolute atomic E-state index is 0.00757. The highest BCUT2D eigenvalue weighted by Gasteiger charge is 2.31. The molecular weight excluding hydrogens is 333 g/mol. The first kappa shape index (κ1) is 19.6. The Morgan fingerprint density at radius 3 is 2.68 bits per heavy atom. The predicted octanol–water partition coefficient (Wildman–Crippen LogP) is 3.57. The SMILES string of the molecule is CC(CC(=O)N(C)Cc1cccc(OC(F)(F)F)c1)C1CCNCC1. The van der Waals surface area contributed by atoms with Crippen LogP contribution in [0.25, 0.3) is 0 Å². The second-order valence-corrected chi connectivity index (χ2v) is 6.71. The van der Waals surface area contributed by atoms with Crippen molar-refractivity contribution >= 4 is 5.91 Å². The second-order valence-electron chi connectivity index (χ2n) is 6.71.